The highest BCUT2D eigenvalue weighted by Crippen LogP contribution is 2.25. The van der Waals surface area contributed by atoms with Gasteiger partial charge in [0, 0.05) is 18.0 Å². The van der Waals surface area contributed by atoms with E-state index < -0.39 is 0 Å². The zero-order valence-electron chi connectivity index (χ0n) is 12.8. The van der Waals surface area contributed by atoms with Gasteiger partial charge < -0.3 is 19.3 Å². The smallest absolute Gasteiger partial charge is 0.229 e. The number of benzene rings is 1. The molecule has 0 aliphatic rings. The summed E-state index contributed by atoms with van der Waals surface area (Å²) in [4.78, 5) is 4.29. The van der Waals surface area contributed by atoms with Gasteiger partial charge in [0.2, 0.25) is 11.7 Å². The number of hydrogen-bond donors (Lipinski definition) is 1. The van der Waals surface area contributed by atoms with E-state index in [9.17, 15) is 0 Å². The number of nitrogens with zero attached hydrogens (tertiary/aromatic N) is 2. The van der Waals surface area contributed by atoms with Crippen LogP contribution in [0.5, 0.6) is 11.5 Å². The maximum absolute atomic E-state index is 5.79. The maximum Gasteiger partial charge on any atom is 0.229 e. The summed E-state index contributed by atoms with van der Waals surface area (Å²) in [5, 5.41) is 7.02. The first-order valence-corrected chi connectivity index (χ1v) is 6.90. The largest absolute Gasteiger partial charge is 0.497 e. The van der Waals surface area contributed by atoms with Crippen molar-refractivity contribution in [3.8, 4) is 11.5 Å². The quantitative estimate of drug-likeness (QED) is 0.845. The van der Waals surface area contributed by atoms with Gasteiger partial charge >= 0.3 is 0 Å². The molecule has 0 saturated carbocycles. The summed E-state index contributed by atoms with van der Waals surface area (Å²) in [6, 6.07) is 5.70. The minimum absolute atomic E-state index is 0.215. The molecule has 0 atom stereocenters. The summed E-state index contributed by atoms with van der Waals surface area (Å²) in [6.45, 7) is 4.98. The van der Waals surface area contributed by atoms with Crippen LogP contribution in [0.15, 0.2) is 22.7 Å². The Morgan fingerprint density at radius 1 is 1.33 bits per heavy atom. The monoisotopic (exact) mass is 291 g/mol. The number of methoxy groups -OCH3 is 1. The lowest BCUT2D eigenvalue weighted by Crippen LogP contribution is -2.08. The van der Waals surface area contributed by atoms with Crippen LogP contribution < -0.4 is 14.8 Å². The lowest BCUT2D eigenvalue weighted by molar-refractivity contribution is 0.281. The van der Waals surface area contributed by atoms with Crippen LogP contribution in [-0.2, 0) is 13.2 Å². The average Bonchev–Trinajstić information content (AvgIpc) is 2.95. The van der Waals surface area contributed by atoms with E-state index in [1.165, 1.54) is 0 Å². The molecule has 0 bridgehead atoms. The fourth-order valence-corrected chi connectivity index (χ4v) is 1.86. The molecule has 0 fully saturated rings. The van der Waals surface area contributed by atoms with Crippen molar-refractivity contribution < 1.29 is 14.0 Å². The lowest BCUT2D eigenvalue weighted by Gasteiger charge is -2.11. The highest BCUT2D eigenvalue weighted by atomic mass is 16.5. The van der Waals surface area contributed by atoms with Crippen molar-refractivity contribution in [1.29, 1.82) is 0 Å². The van der Waals surface area contributed by atoms with Crippen molar-refractivity contribution >= 4 is 0 Å². The Labute approximate surface area is 124 Å². The first kappa shape index (κ1) is 15.3. The summed E-state index contributed by atoms with van der Waals surface area (Å²) in [5.41, 5.74) is 1.02. The van der Waals surface area contributed by atoms with E-state index in [2.05, 4.69) is 15.5 Å². The van der Waals surface area contributed by atoms with Crippen LogP contribution in [0.3, 0.4) is 0 Å². The van der Waals surface area contributed by atoms with Crippen LogP contribution in [0.2, 0.25) is 0 Å². The van der Waals surface area contributed by atoms with Gasteiger partial charge in [-0.25, -0.2) is 0 Å². The predicted molar refractivity (Wildman–Crippen MR) is 78.5 cm³/mol. The minimum Gasteiger partial charge on any atom is -0.497 e. The second-order valence-corrected chi connectivity index (χ2v) is 5.00. The third-order valence-corrected chi connectivity index (χ3v) is 2.97. The summed E-state index contributed by atoms with van der Waals surface area (Å²) >= 11 is 0. The van der Waals surface area contributed by atoms with Gasteiger partial charge in [0.25, 0.3) is 0 Å². The molecule has 6 nitrogen and oxygen atoms in total. The highest BCUT2D eigenvalue weighted by Gasteiger charge is 2.11. The van der Waals surface area contributed by atoms with Crippen LogP contribution in [0.4, 0.5) is 0 Å². The molecule has 21 heavy (non-hydrogen) atoms. The van der Waals surface area contributed by atoms with Crippen molar-refractivity contribution in [3.05, 3.63) is 35.5 Å². The Morgan fingerprint density at radius 3 is 2.76 bits per heavy atom. The molecular weight excluding hydrogens is 270 g/mol. The Hall–Kier alpha value is -2.08. The van der Waals surface area contributed by atoms with E-state index in [4.69, 9.17) is 14.0 Å². The molecule has 0 radical (unpaired) electrons. The molecule has 0 amide bonds. The molecule has 1 aromatic heterocycles. The third kappa shape index (κ3) is 3.95. The zero-order chi connectivity index (χ0) is 15.2. The molecule has 0 unspecified atom stereocenters. The molecule has 0 aliphatic carbocycles. The van der Waals surface area contributed by atoms with E-state index in [1.807, 2.05) is 39.1 Å². The van der Waals surface area contributed by atoms with E-state index >= 15 is 0 Å². The first-order valence-electron chi connectivity index (χ1n) is 6.90. The second kappa shape index (κ2) is 7.08. The molecule has 0 aliphatic heterocycles. The second-order valence-electron chi connectivity index (χ2n) is 5.00. The first-order chi connectivity index (χ1) is 10.1. The van der Waals surface area contributed by atoms with Crippen LogP contribution in [0, 0.1) is 0 Å². The highest BCUT2D eigenvalue weighted by molar-refractivity contribution is 5.40. The van der Waals surface area contributed by atoms with Crippen molar-refractivity contribution in [2.24, 2.45) is 0 Å². The molecular formula is C15H21N3O3. The Kier molecular flexibility index (Phi) is 5.16. The molecule has 2 rings (SSSR count). The van der Waals surface area contributed by atoms with Crippen molar-refractivity contribution in [3.63, 3.8) is 0 Å². The van der Waals surface area contributed by atoms with Crippen LogP contribution in [-0.4, -0.2) is 24.3 Å². The molecule has 1 N–H and O–H groups in total. The summed E-state index contributed by atoms with van der Waals surface area (Å²) < 4.78 is 16.2. The van der Waals surface area contributed by atoms with Gasteiger partial charge in [-0.05, 0) is 25.2 Å². The molecule has 114 valence electrons. The third-order valence-electron chi connectivity index (χ3n) is 2.97. The Morgan fingerprint density at radius 2 is 2.14 bits per heavy atom. The number of hydrogen-bond acceptors (Lipinski definition) is 6. The maximum atomic E-state index is 5.79. The van der Waals surface area contributed by atoms with Gasteiger partial charge in [-0.15, -0.1) is 0 Å². The summed E-state index contributed by atoms with van der Waals surface area (Å²) in [7, 11) is 3.53. The lowest BCUT2D eigenvalue weighted by atomic mass is 10.2. The van der Waals surface area contributed by atoms with Gasteiger partial charge in [-0.1, -0.05) is 19.0 Å². The topological polar surface area (TPSA) is 69.4 Å². The number of rotatable bonds is 7. The van der Waals surface area contributed by atoms with Crippen LogP contribution >= 0.6 is 0 Å². The van der Waals surface area contributed by atoms with Gasteiger partial charge in [0.1, 0.15) is 11.5 Å². The van der Waals surface area contributed by atoms with Crippen molar-refractivity contribution in [1.82, 2.24) is 15.5 Å². The van der Waals surface area contributed by atoms with Crippen LogP contribution in [0.1, 0.15) is 37.0 Å². The molecule has 6 heteroatoms. The summed E-state index contributed by atoms with van der Waals surface area (Å²) in [5.74, 6) is 2.96. The SMILES string of the molecule is CNCc1cc(OC)ccc1OCc1noc(C(C)C)n1. The predicted octanol–water partition coefficient (Wildman–Crippen LogP) is 2.50. The van der Waals surface area contributed by atoms with Gasteiger partial charge in [-0.3, -0.25) is 0 Å². The van der Waals surface area contributed by atoms with E-state index in [-0.39, 0.29) is 12.5 Å². The number of ether oxygens (including phenoxy) is 2. The van der Waals surface area contributed by atoms with E-state index in [0.717, 1.165) is 17.1 Å². The van der Waals surface area contributed by atoms with Gasteiger partial charge in [-0.2, -0.15) is 4.98 Å². The van der Waals surface area contributed by atoms with E-state index in [0.29, 0.717) is 18.3 Å². The van der Waals surface area contributed by atoms with Crippen LogP contribution in [0.25, 0.3) is 0 Å². The van der Waals surface area contributed by atoms with E-state index in [1.54, 1.807) is 7.11 Å². The number of nitrogens with one attached hydrogen (secondary N) is 1. The molecule has 1 aromatic carbocycles. The molecule has 0 spiro atoms. The normalized spacial score (nSPS) is 10.9. The summed E-state index contributed by atoms with van der Waals surface area (Å²) in [6.07, 6.45) is 0. The number of aromatic nitrogens is 2. The zero-order valence-corrected chi connectivity index (χ0v) is 12.8. The fourth-order valence-electron chi connectivity index (χ4n) is 1.86. The minimum atomic E-state index is 0.215. The van der Waals surface area contributed by atoms with Crippen molar-refractivity contribution in [2.75, 3.05) is 14.2 Å². The molecule has 1 heterocycles. The van der Waals surface area contributed by atoms with Crippen molar-refractivity contribution in [2.45, 2.75) is 32.9 Å². The average molecular weight is 291 g/mol. The van der Waals surface area contributed by atoms with Gasteiger partial charge in [0.15, 0.2) is 6.61 Å². The fraction of sp³-hybridized carbons (Fsp3) is 0.467. The Balaban J connectivity index is 2.07. The molecule has 2 aromatic rings. The van der Waals surface area contributed by atoms with Gasteiger partial charge in [0.05, 0.1) is 7.11 Å². The standard InChI is InChI=1S/C15H21N3O3/c1-10(2)15-17-14(18-21-15)9-20-13-6-5-12(19-4)7-11(13)8-16-3/h5-7,10,16H,8-9H2,1-4H3. The Bertz CT molecular complexity index is 581. The molecule has 0 saturated heterocycles.